The number of benzene rings is 1. The second kappa shape index (κ2) is 5.24. The maximum Gasteiger partial charge on any atom is 0.350 e. The maximum absolute atomic E-state index is 11.7. The standard InChI is InChI=1S/C14H15NO5/c1-14(2)19-12(16)11(13(17)20-14)8-15-9-4-6-10(18-3)7-5-9/h4-8,15H,1-3H3. The van der Waals surface area contributed by atoms with Crippen molar-refractivity contribution in [3.05, 3.63) is 36.0 Å². The molecule has 0 spiro atoms. The Morgan fingerprint density at radius 3 is 2.15 bits per heavy atom. The highest BCUT2D eigenvalue weighted by Gasteiger charge is 2.38. The van der Waals surface area contributed by atoms with E-state index in [1.54, 1.807) is 31.4 Å². The Hall–Kier alpha value is -2.50. The second-order valence-corrected chi connectivity index (χ2v) is 4.61. The van der Waals surface area contributed by atoms with Crippen molar-refractivity contribution in [1.29, 1.82) is 0 Å². The molecule has 0 aliphatic carbocycles. The van der Waals surface area contributed by atoms with Gasteiger partial charge in [0.1, 0.15) is 5.75 Å². The first-order valence-corrected chi connectivity index (χ1v) is 5.99. The average molecular weight is 277 g/mol. The van der Waals surface area contributed by atoms with Gasteiger partial charge in [0, 0.05) is 25.7 Å². The van der Waals surface area contributed by atoms with E-state index in [1.165, 1.54) is 20.0 Å². The number of ether oxygens (including phenoxy) is 3. The number of rotatable bonds is 3. The highest BCUT2D eigenvalue weighted by atomic mass is 16.7. The van der Waals surface area contributed by atoms with Crippen LogP contribution in [-0.4, -0.2) is 24.8 Å². The van der Waals surface area contributed by atoms with E-state index in [2.05, 4.69) is 5.32 Å². The van der Waals surface area contributed by atoms with Crippen LogP contribution in [0, 0.1) is 0 Å². The van der Waals surface area contributed by atoms with E-state index in [4.69, 9.17) is 14.2 Å². The molecule has 1 aromatic rings. The maximum atomic E-state index is 11.7. The Balaban J connectivity index is 2.10. The van der Waals surface area contributed by atoms with Crippen molar-refractivity contribution in [2.24, 2.45) is 0 Å². The van der Waals surface area contributed by atoms with Gasteiger partial charge in [0.15, 0.2) is 5.57 Å². The Morgan fingerprint density at radius 1 is 1.10 bits per heavy atom. The fourth-order valence-corrected chi connectivity index (χ4v) is 1.62. The highest BCUT2D eigenvalue weighted by Crippen LogP contribution is 2.23. The number of methoxy groups -OCH3 is 1. The minimum Gasteiger partial charge on any atom is -0.497 e. The van der Waals surface area contributed by atoms with E-state index >= 15 is 0 Å². The molecular formula is C14H15NO5. The van der Waals surface area contributed by atoms with Gasteiger partial charge in [-0.3, -0.25) is 0 Å². The Labute approximate surface area is 116 Å². The van der Waals surface area contributed by atoms with Crippen LogP contribution in [0.2, 0.25) is 0 Å². The van der Waals surface area contributed by atoms with Crippen LogP contribution in [0.3, 0.4) is 0 Å². The van der Waals surface area contributed by atoms with Crippen LogP contribution >= 0.6 is 0 Å². The van der Waals surface area contributed by atoms with Crippen molar-refractivity contribution < 1.29 is 23.8 Å². The molecule has 1 saturated heterocycles. The third kappa shape index (κ3) is 3.09. The lowest BCUT2D eigenvalue weighted by molar-refractivity contribution is -0.222. The lowest BCUT2D eigenvalue weighted by atomic mass is 10.2. The zero-order chi connectivity index (χ0) is 14.8. The van der Waals surface area contributed by atoms with Crippen molar-refractivity contribution in [3.63, 3.8) is 0 Å². The molecule has 0 aromatic heterocycles. The highest BCUT2D eigenvalue weighted by molar-refractivity contribution is 6.15. The largest absolute Gasteiger partial charge is 0.497 e. The number of hydrogen-bond acceptors (Lipinski definition) is 6. The fourth-order valence-electron chi connectivity index (χ4n) is 1.62. The van der Waals surface area contributed by atoms with Gasteiger partial charge < -0.3 is 19.5 Å². The summed E-state index contributed by atoms with van der Waals surface area (Å²) in [6.07, 6.45) is 1.27. The summed E-state index contributed by atoms with van der Waals surface area (Å²) in [5.41, 5.74) is 0.517. The summed E-state index contributed by atoms with van der Waals surface area (Å²) in [4.78, 5) is 23.4. The molecule has 0 unspecified atom stereocenters. The molecule has 0 atom stereocenters. The van der Waals surface area contributed by atoms with Crippen molar-refractivity contribution in [3.8, 4) is 5.75 Å². The molecule has 0 saturated carbocycles. The van der Waals surface area contributed by atoms with Gasteiger partial charge in [-0.05, 0) is 24.3 Å². The first-order valence-electron chi connectivity index (χ1n) is 5.99. The zero-order valence-electron chi connectivity index (χ0n) is 11.4. The number of esters is 2. The molecule has 2 rings (SSSR count). The van der Waals surface area contributed by atoms with Crippen molar-refractivity contribution in [1.82, 2.24) is 0 Å². The number of anilines is 1. The van der Waals surface area contributed by atoms with Gasteiger partial charge in [-0.2, -0.15) is 0 Å². The van der Waals surface area contributed by atoms with Gasteiger partial charge in [0.25, 0.3) is 5.79 Å². The first-order chi connectivity index (χ1) is 9.41. The van der Waals surface area contributed by atoms with E-state index in [1.807, 2.05) is 0 Å². The topological polar surface area (TPSA) is 73.9 Å². The summed E-state index contributed by atoms with van der Waals surface area (Å²) < 4.78 is 15.0. The summed E-state index contributed by atoms with van der Waals surface area (Å²) in [5, 5.41) is 2.83. The minimum absolute atomic E-state index is 0.180. The van der Waals surface area contributed by atoms with Gasteiger partial charge in [0.2, 0.25) is 0 Å². The van der Waals surface area contributed by atoms with Crippen LogP contribution in [0.1, 0.15) is 13.8 Å². The number of nitrogens with one attached hydrogen (secondary N) is 1. The van der Waals surface area contributed by atoms with Crippen molar-refractivity contribution in [2.75, 3.05) is 12.4 Å². The van der Waals surface area contributed by atoms with Crippen LogP contribution in [0.4, 0.5) is 5.69 Å². The van der Waals surface area contributed by atoms with E-state index in [9.17, 15) is 9.59 Å². The lowest BCUT2D eigenvalue weighted by Crippen LogP contribution is -2.42. The predicted octanol–water partition coefficient (Wildman–Crippen LogP) is 1.83. The molecule has 0 radical (unpaired) electrons. The Morgan fingerprint density at radius 2 is 1.65 bits per heavy atom. The molecule has 1 heterocycles. The Kier molecular flexibility index (Phi) is 3.65. The molecule has 6 nitrogen and oxygen atoms in total. The quantitative estimate of drug-likeness (QED) is 0.516. The van der Waals surface area contributed by atoms with Crippen LogP contribution in [0.5, 0.6) is 5.75 Å². The zero-order valence-corrected chi connectivity index (χ0v) is 11.4. The molecule has 0 bridgehead atoms. The molecular weight excluding hydrogens is 262 g/mol. The fraction of sp³-hybridized carbons (Fsp3) is 0.286. The SMILES string of the molecule is COc1ccc(NC=C2C(=O)OC(C)(C)OC2=O)cc1. The van der Waals surface area contributed by atoms with E-state index < -0.39 is 17.7 Å². The van der Waals surface area contributed by atoms with Gasteiger partial charge >= 0.3 is 11.9 Å². The average Bonchev–Trinajstić information content (AvgIpc) is 2.37. The first kappa shape index (κ1) is 13.9. The van der Waals surface area contributed by atoms with E-state index in [0.29, 0.717) is 11.4 Å². The second-order valence-electron chi connectivity index (χ2n) is 4.61. The van der Waals surface area contributed by atoms with Gasteiger partial charge in [-0.25, -0.2) is 9.59 Å². The van der Waals surface area contributed by atoms with Gasteiger partial charge in [0.05, 0.1) is 7.11 Å². The molecule has 0 amide bonds. The van der Waals surface area contributed by atoms with Gasteiger partial charge in [-0.1, -0.05) is 0 Å². The third-order valence-corrected chi connectivity index (χ3v) is 2.59. The van der Waals surface area contributed by atoms with Crippen molar-refractivity contribution in [2.45, 2.75) is 19.6 Å². The summed E-state index contributed by atoms with van der Waals surface area (Å²) in [5.74, 6) is -1.95. The Bertz CT molecular complexity index is 537. The molecule has 6 heteroatoms. The minimum atomic E-state index is -1.23. The number of hydrogen-bond donors (Lipinski definition) is 1. The number of cyclic esters (lactones) is 2. The predicted molar refractivity (Wildman–Crippen MR) is 71.0 cm³/mol. The number of carbonyl (C=O) groups excluding carboxylic acids is 2. The lowest BCUT2D eigenvalue weighted by Gasteiger charge is -2.29. The van der Waals surface area contributed by atoms with E-state index in [-0.39, 0.29) is 5.57 Å². The normalized spacial score (nSPS) is 17.1. The van der Waals surface area contributed by atoms with Crippen LogP contribution in [-0.2, 0) is 19.1 Å². The third-order valence-electron chi connectivity index (χ3n) is 2.59. The van der Waals surface area contributed by atoms with Crippen molar-refractivity contribution >= 4 is 17.6 Å². The monoisotopic (exact) mass is 277 g/mol. The molecule has 1 aliphatic heterocycles. The number of carbonyl (C=O) groups is 2. The summed E-state index contributed by atoms with van der Waals surface area (Å²) >= 11 is 0. The van der Waals surface area contributed by atoms with Crippen LogP contribution in [0.25, 0.3) is 0 Å². The van der Waals surface area contributed by atoms with Crippen LogP contribution < -0.4 is 10.1 Å². The smallest absolute Gasteiger partial charge is 0.350 e. The van der Waals surface area contributed by atoms with E-state index in [0.717, 1.165) is 0 Å². The summed E-state index contributed by atoms with van der Waals surface area (Å²) in [6.45, 7) is 2.99. The summed E-state index contributed by atoms with van der Waals surface area (Å²) in [7, 11) is 1.57. The molecule has 1 aliphatic rings. The summed E-state index contributed by atoms with van der Waals surface area (Å²) in [6, 6.07) is 7.00. The molecule has 106 valence electrons. The molecule has 1 N–H and O–H groups in total. The molecule has 1 aromatic carbocycles. The van der Waals surface area contributed by atoms with Gasteiger partial charge in [-0.15, -0.1) is 0 Å². The molecule has 20 heavy (non-hydrogen) atoms. The molecule has 1 fully saturated rings. The van der Waals surface area contributed by atoms with Crippen LogP contribution in [0.15, 0.2) is 36.0 Å².